The predicted octanol–water partition coefficient (Wildman–Crippen LogP) is -0.281. The Morgan fingerprint density at radius 1 is 0.833 bits per heavy atom. The molecule has 198 valence electrons. The normalized spacial score (nSPS) is 13.6. The molecule has 36 heavy (non-hydrogen) atoms. The molecule has 0 bridgehead atoms. The number of Topliss-reactive ketones (excluding diaryl/α,β-unsaturated/α-hetero) is 1. The van der Waals surface area contributed by atoms with Crippen LogP contribution in [0.2, 0.25) is 0 Å². The first-order chi connectivity index (χ1) is 16.6. The third-order valence-electron chi connectivity index (χ3n) is 5.33. The Kier molecular flexibility index (Phi) is 11.2. The van der Waals surface area contributed by atoms with Crippen molar-refractivity contribution in [1.29, 1.82) is 0 Å². The second-order valence-electron chi connectivity index (χ2n) is 9.68. The number of benzene rings is 1. The molecule has 11 heteroatoms. The maximum Gasteiger partial charge on any atom is 0.290 e. The van der Waals surface area contributed by atoms with Gasteiger partial charge in [-0.2, -0.15) is 0 Å². The summed E-state index contributed by atoms with van der Waals surface area (Å²) < 4.78 is 0. The molecular weight excluding hydrogens is 466 g/mol. The summed E-state index contributed by atoms with van der Waals surface area (Å²) in [7, 11) is 0. The van der Waals surface area contributed by atoms with E-state index in [1.54, 1.807) is 12.1 Å². The van der Waals surface area contributed by atoms with Crippen LogP contribution < -0.4 is 27.0 Å². The van der Waals surface area contributed by atoms with Gasteiger partial charge in [0, 0.05) is 0 Å². The Morgan fingerprint density at radius 2 is 1.42 bits per heavy atom. The zero-order chi connectivity index (χ0) is 27.6. The highest BCUT2D eigenvalue weighted by atomic mass is 16.2. The molecule has 5 amide bonds. The monoisotopic (exact) mass is 503 g/mol. The Bertz CT molecular complexity index is 976. The fourth-order valence-corrected chi connectivity index (χ4v) is 3.12. The highest BCUT2D eigenvalue weighted by Crippen LogP contribution is 2.07. The van der Waals surface area contributed by atoms with Crippen LogP contribution in [0.25, 0.3) is 0 Å². The van der Waals surface area contributed by atoms with E-state index < -0.39 is 53.1 Å². The van der Waals surface area contributed by atoms with Crippen molar-refractivity contribution >= 4 is 35.3 Å². The topological polar surface area (TPSA) is 177 Å². The van der Waals surface area contributed by atoms with Crippen molar-refractivity contribution in [3.8, 4) is 0 Å². The van der Waals surface area contributed by atoms with Crippen LogP contribution in [-0.2, 0) is 35.2 Å². The average Bonchev–Trinajstić information content (AvgIpc) is 2.77. The van der Waals surface area contributed by atoms with E-state index in [1.165, 1.54) is 27.7 Å². The van der Waals surface area contributed by atoms with Crippen molar-refractivity contribution in [3.05, 3.63) is 35.9 Å². The van der Waals surface area contributed by atoms with Gasteiger partial charge in [-0.25, -0.2) is 0 Å². The third kappa shape index (κ3) is 9.85. The number of nitrogens with one attached hydrogen (secondary N) is 4. The van der Waals surface area contributed by atoms with Crippen molar-refractivity contribution in [2.45, 2.75) is 78.0 Å². The lowest BCUT2D eigenvalue weighted by molar-refractivity contribution is -0.141. The van der Waals surface area contributed by atoms with Crippen molar-refractivity contribution < 1.29 is 28.8 Å². The van der Waals surface area contributed by atoms with Crippen molar-refractivity contribution in [2.75, 3.05) is 0 Å². The van der Waals surface area contributed by atoms with Gasteiger partial charge in [-0.3, -0.25) is 28.8 Å². The molecule has 11 nitrogen and oxygen atoms in total. The molecule has 0 radical (unpaired) electrons. The van der Waals surface area contributed by atoms with Gasteiger partial charge in [-0.15, -0.1) is 0 Å². The Morgan fingerprint density at radius 3 is 1.94 bits per heavy atom. The summed E-state index contributed by atoms with van der Waals surface area (Å²) in [4.78, 5) is 73.8. The van der Waals surface area contributed by atoms with Crippen LogP contribution in [0.4, 0.5) is 0 Å². The van der Waals surface area contributed by atoms with E-state index in [1.807, 2.05) is 32.0 Å². The van der Waals surface area contributed by atoms with E-state index in [-0.39, 0.29) is 18.2 Å². The molecule has 0 heterocycles. The number of rotatable bonds is 13. The zero-order valence-electron chi connectivity index (χ0n) is 21.6. The molecule has 0 aliphatic heterocycles. The van der Waals surface area contributed by atoms with E-state index in [0.717, 1.165) is 5.56 Å². The van der Waals surface area contributed by atoms with Crippen molar-refractivity contribution in [2.24, 2.45) is 11.7 Å². The van der Waals surface area contributed by atoms with Crippen LogP contribution in [0.1, 0.15) is 53.5 Å². The van der Waals surface area contributed by atoms with Crippen LogP contribution in [0.5, 0.6) is 0 Å². The lowest BCUT2D eigenvalue weighted by atomic mass is 10.0. The molecule has 0 aromatic heterocycles. The number of amides is 5. The third-order valence-corrected chi connectivity index (χ3v) is 5.33. The fraction of sp³-hybridized carbons (Fsp3) is 0.520. The Hall–Kier alpha value is -3.76. The van der Waals surface area contributed by atoms with Crippen LogP contribution in [-0.4, -0.2) is 59.0 Å². The Labute approximate surface area is 211 Å². The van der Waals surface area contributed by atoms with E-state index in [2.05, 4.69) is 21.3 Å². The first-order valence-corrected chi connectivity index (χ1v) is 11.7. The van der Waals surface area contributed by atoms with E-state index >= 15 is 0 Å². The molecular formula is C25H37N5O6. The lowest BCUT2D eigenvalue weighted by Crippen LogP contribution is -2.59. The van der Waals surface area contributed by atoms with E-state index in [0.29, 0.717) is 6.42 Å². The van der Waals surface area contributed by atoms with Gasteiger partial charge in [0.25, 0.3) is 5.91 Å². The molecule has 3 atom stereocenters. The number of nitrogens with two attached hydrogens (primary N) is 1. The van der Waals surface area contributed by atoms with Crippen LogP contribution in [0.3, 0.4) is 0 Å². The van der Waals surface area contributed by atoms with Gasteiger partial charge in [0.05, 0.1) is 12.5 Å². The molecule has 0 saturated heterocycles. The van der Waals surface area contributed by atoms with Crippen molar-refractivity contribution in [1.82, 2.24) is 21.3 Å². The second kappa shape index (κ2) is 13.4. The summed E-state index contributed by atoms with van der Waals surface area (Å²) in [6.07, 6.45) is 0.415. The van der Waals surface area contributed by atoms with Gasteiger partial charge < -0.3 is 27.0 Å². The molecule has 0 fully saturated rings. The maximum atomic E-state index is 12.8. The fourth-order valence-electron chi connectivity index (χ4n) is 3.12. The molecule has 1 aromatic carbocycles. The number of carbonyl (C=O) groups is 6. The van der Waals surface area contributed by atoms with Gasteiger partial charge in [0.2, 0.25) is 29.4 Å². The minimum Gasteiger partial charge on any atom is -0.368 e. The molecule has 0 aliphatic carbocycles. The number of hydrogen-bond donors (Lipinski definition) is 5. The number of ketones is 1. The largest absolute Gasteiger partial charge is 0.368 e. The van der Waals surface area contributed by atoms with E-state index in [9.17, 15) is 28.8 Å². The maximum absolute atomic E-state index is 12.8. The molecule has 1 rings (SSSR count). The summed E-state index contributed by atoms with van der Waals surface area (Å²) in [5, 5.41) is 9.78. The summed E-state index contributed by atoms with van der Waals surface area (Å²) in [6, 6.07) is 5.79. The smallest absolute Gasteiger partial charge is 0.290 e. The minimum absolute atomic E-state index is 0.0658. The zero-order valence-corrected chi connectivity index (χ0v) is 21.6. The molecule has 6 N–H and O–H groups in total. The molecule has 0 spiro atoms. The molecule has 0 aliphatic rings. The average molecular weight is 504 g/mol. The lowest BCUT2D eigenvalue weighted by Gasteiger charge is -2.25. The standard InChI is InChI=1S/C25H37N5O6/c1-14(2)12-18(29-19(31)13-17-10-8-7-9-11-17)22(34)27-15(3)20(32)23(35)28-16(4)21(33)30-25(5,6)24(26)36/h7-11,14-16,18H,12-13H2,1-6H3,(H2,26,36)(H,27,34)(H,28,35)(H,29,31)(H,30,33)/t15?,16-,18-/m0/s1. The molecule has 1 aromatic rings. The van der Waals surface area contributed by atoms with Crippen molar-refractivity contribution in [3.63, 3.8) is 0 Å². The summed E-state index contributed by atoms with van der Waals surface area (Å²) in [5.74, 6) is -4.43. The van der Waals surface area contributed by atoms with Crippen LogP contribution in [0.15, 0.2) is 30.3 Å². The van der Waals surface area contributed by atoms with Crippen LogP contribution in [0, 0.1) is 5.92 Å². The predicted molar refractivity (Wildman–Crippen MR) is 133 cm³/mol. The summed E-state index contributed by atoms with van der Waals surface area (Å²) >= 11 is 0. The van der Waals surface area contributed by atoms with Gasteiger partial charge in [0.15, 0.2) is 0 Å². The molecule has 1 unspecified atom stereocenters. The van der Waals surface area contributed by atoms with Gasteiger partial charge in [-0.05, 0) is 45.6 Å². The Balaban J connectivity index is 2.73. The summed E-state index contributed by atoms with van der Waals surface area (Å²) in [6.45, 7) is 9.24. The number of primary amides is 1. The van der Waals surface area contributed by atoms with Gasteiger partial charge >= 0.3 is 0 Å². The van der Waals surface area contributed by atoms with Gasteiger partial charge in [0.1, 0.15) is 17.6 Å². The minimum atomic E-state index is -1.35. The molecule has 0 saturated carbocycles. The summed E-state index contributed by atoms with van der Waals surface area (Å²) in [5.41, 5.74) is 4.65. The number of carbonyl (C=O) groups excluding carboxylic acids is 6. The van der Waals surface area contributed by atoms with Crippen LogP contribution >= 0.6 is 0 Å². The SMILES string of the molecule is CC(C)C[C@H](NC(=O)Cc1ccccc1)C(=O)NC(C)C(=O)C(=O)N[C@@H](C)C(=O)NC(C)(C)C(N)=O. The first kappa shape index (κ1) is 30.3. The highest BCUT2D eigenvalue weighted by molar-refractivity contribution is 6.38. The number of hydrogen-bond acceptors (Lipinski definition) is 6. The highest BCUT2D eigenvalue weighted by Gasteiger charge is 2.32. The van der Waals surface area contributed by atoms with Gasteiger partial charge in [-0.1, -0.05) is 44.2 Å². The van der Waals surface area contributed by atoms with E-state index in [4.69, 9.17) is 5.73 Å². The second-order valence-corrected chi connectivity index (χ2v) is 9.68. The quantitative estimate of drug-likeness (QED) is 0.231. The first-order valence-electron chi connectivity index (χ1n) is 11.7.